The minimum Gasteiger partial charge on any atom is -0.224 e. The van der Waals surface area contributed by atoms with Crippen LogP contribution in [0.2, 0.25) is 0 Å². The second-order valence-corrected chi connectivity index (χ2v) is 2.44. The standard InChI is InChI=1S/C8H7F4N/c9-7-4-2-1-3-6(7)5-13-8(10,11)12/h1-4,13H,5H2. The molecular weight excluding hydrogens is 186 g/mol. The summed E-state index contributed by atoms with van der Waals surface area (Å²) < 4.78 is 47.7. The molecule has 0 saturated carbocycles. The summed E-state index contributed by atoms with van der Waals surface area (Å²) in [6.45, 7) is -0.545. The van der Waals surface area contributed by atoms with Gasteiger partial charge in [0.15, 0.2) is 0 Å². The van der Waals surface area contributed by atoms with Crippen molar-refractivity contribution in [1.29, 1.82) is 0 Å². The van der Waals surface area contributed by atoms with Crippen molar-refractivity contribution in [1.82, 2.24) is 5.32 Å². The SMILES string of the molecule is Fc1ccccc1CNC(F)(F)F. The Labute approximate surface area is 72.4 Å². The van der Waals surface area contributed by atoms with E-state index in [1.165, 1.54) is 23.5 Å². The molecule has 0 radical (unpaired) electrons. The molecule has 1 aromatic rings. The van der Waals surface area contributed by atoms with Gasteiger partial charge < -0.3 is 0 Å². The van der Waals surface area contributed by atoms with Crippen LogP contribution in [0, 0.1) is 5.82 Å². The van der Waals surface area contributed by atoms with Crippen LogP contribution in [-0.4, -0.2) is 6.30 Å². The van der Waals surface area contributed by atoms with Crippen LogP contribution in [0.5, 0.6) is 0 Å². The predicted octanol–water partition coefficient (Wildman–Crippen LogP) is 2.44. The Hall–Kier alpha value is -1.10. The molecule has 0 aliphatic heterocycles. The highest BCUT2D eigenvalue weighted by Gasteiger charge is 2.26. The fourth-order valence-electron chi connectivity index (χ4n) is 0.837. The minimum atomic E-state index is -4.47. The van der Waals surface area contributed by atoms with Crippen molar-refractivity contribution < 1.29 is 17.6 Å². The first-order chi connectivity index (χ1) is 5.99. The molecular formula is C8H7F4N. The maximum Gasteiger partial charge on any atom is 0.457 e. The maximum absolute atomic E-state index is 12.8. The highest BCUT2D eigenvalue weighted by atomic mass is 19.4. The number of hydrogen-bond acceptors (Lipinski definition) is 1. The Morgan fingerprint density at radius 2 is 1.77 bits per heavy atom. The van der Waals surface area contributed by atoms with E-state index in [1.54, 1.807) is 0 Å². The molecule has 0 atom stereocenters. The van der Waals surface area contributed by atoms with E-state index in [4.69, 9.17) is 0 Å². The summed E-state index contributed by atoms with van der Waals surface area (Å²) in [6, 6.07) is 5.32. The van der Waals surface area contributed by atoms with Crippen molar-refractivity contribution in [3.8, 4) is 0 Å². The Morgan fingerprint density at radius 1 is 1.15 bits per heavy atom. The van der Waals surface area contributed by atoms with Gasteiger partial charge in [-0.1, -0.05) is 18.2 Å². The van der Waals surface area contributed by atoms with Crippen LogP contribution >= 0.6 is 0 Å². The van der Waals surface area contributed by atoms with Crippen LogP contribution in [-0.2, 0) is 6.54 Å². The van der Waals surface area contributed by atoms with Gasteiger partial charge in [-0.05, 0) is 6.07 Å². The Balaban J connectivity index is 2.60. The number of hydrogen-bond donors (Lipinski definition) is 1. The van der Waals surface area contributed by atoms with E-state index in [1.807, 2.05) is 0 Å². The highest BCUT2D eigenvalue weighted by molar-refractivity contribution is 5.16. The van der Waals surface area contributed by atoms with Crippen LogP contribution in [0.1, 0.15) is 5.56 Å². The topological polar surface area (TPSA) is 12.0 Å². The van der Waals surface area contributed by atoms with Crippen LogP contribution in [0.15, 0.2) is 24.3 Å². The van der Waals surface area contributed by atoms with E-state index in [0.29, 0.717) is 0 Å². The van der Waals surface area contributed by atoms with E-state index >= 15 is 0 Å². The molecule has 0 saturated heterocycles. The van der Waals surface area contributed by atoms with Gasteiger partial charge in [-0.2, -0.15) is 13.2 Å². The van der Waals surface area contributed by atoms with Crippen molar-refractivity contribution in [2.24, 2.45) is 0 Å². The van der Waals surface area contributed by atoms with E-state index in [2.05, 4.69) is 0 Å². The molecule has 0 bridgehead atoms. The van der Waals surface area contributed by atoms with Crippen molar-refractivity contribution in [3.05, 3.63) is 35.6 Å². The Kier molecular flexibility index (Phi) is 2.87. The third kappa shape index (κ3) is 3.42. The second kappa shape index (κ2) is 3.74. The van der Waals surface area contributed by atoms with Crippen LogP contribution in [0.3, 0.4) is 0 Å². The summed E-state index contributed by atoms with van der Waals surface area (Å²) in [5, 5.41) is 1.24. The van der Waals surface area contributed by atoms with Crippen LogP contribution in [0.4, 0.5) is 17.6 Å². The number of nitrogens with one attached hydrogen (secondary N) is 1. The van der Waals surface area contributed by atoms with Gasteiger partial charge in [0.25, 0.3) is 0 Å². The minimum absolute atomic E-state index is 0.000162. The largest absolute Gasteiger partial charge is 0.457 e. The van der Waals surface area contributed by atoms with E-state index < -0.39 is 18.7 Å². The second-order valence-electron chi connectivity index (χ2n) is 2.44. The summed E-state index contributed by atoms with van der Waals surface area (Å²) in [5.74, 6) is -0.640. The molecule has 0 aromatic heterocycles. The smallest absolute Gasteiger partial charge is 0.224 e. The third-order valence-electron chi connectivity index (χ3n) is 1.44. The molecule has 72 valence electrons. The number of benzene rings is 1. The highest BCUT2D eigenvalue weighted by Crippen LogP contribution is 2.12. The molecule has 0 amide bonds. The molecule has 5 heteroatoms. The van der Waals surface area contributed by atoms with Gasteiger partial charge in [0, 0.05) is 12.1 Å². The zero-order valence-corrected chi connectivity index (χ0v) is 6.53. The maximum atomic E-state index is 12.8. The summed E-state index contributed by atoms with van der Waals surface area (Å²) in [5.41, 5.74) is -0.000162. The Bertz CT molecular complexity index is 282. The van der Waals surface area contributed by atoms with Gasteiger partial charge in [-0.25, -0.2) is 9.71 Å². The van der Waals surface area contributed by atoms with E-state index in [0.717, 1.165) is 6.07 Å². The van der Waals surface area contributed by atoms with E-state index in [9.17, 15) is 17.6 Å². The molecule has 1 N–H and O–H groups in total. The third-order valence-corrected chi connectivity index (χ3v) is 1.44. The summed E-state index contributed by atoms with van der Waals surface area (Å²) in [4.78, 5) is 0. The fraction of sp³-hybridized carbons (Fsp3) is 0.250. The number of rotatable bonds is 2. The molecule has 0 fully saturated rings. The summed E-state index contributed by atoms with van der Waals surface area (Å²) >= 11 is 0. The molecule has 1 aromatic carbocycles. The number of halogens is 4. The average molecular weight is 193 g/mol. The first-order valence-electron chi connectivity index (χ1n) is 3.54. The first kappa shape index (κ1) is 9.98. The van der Waals surface area contributed by atoms with Crippen LogP contribution < -0.4 is 5.32 Å². The molecule has 0 aliphatic carbocycles. The lowest BCUT2D eigenvalue weighted by molar-refractivity contribution is -0.158. The first-order valence-corrected chi connectivity index (χ1v) is 3.54. The zero-order valence-electron chi connectivity index (χ0n) is 6.53. The molecule has 13 heavy (non-hydrogen) atoms. The Morgan fingerprint density at radius 3 is 2.31 bits per heavy atom. The molecule has 0 unspecified atom stereocenters. The van der Waals surface area contributed by atoms with Gasteiger partial charge in [0.1, 0.15) is 5.82 Å². The average Bonchev–Trinajstić information content (AvgIpc) is 2.01. The van der Waals surface area contributed by atoms with Crippen LogP contribution in [0.25, 0.3) is 0 Å². The van der Waals surface area contributed by atoms with Gasteiger partial charge in [-0.3, -0.25) is 0 Å². The van der Waals surface area contributed by atoms with Crippen molar-refractivity contribution >= 4 is 0 Å². The lowest BCUT2D eigenvalue weighted by Gasteiger charge is -2.08. The van der Waals surface area contributed by atoms with Crippen molar-refractivity contribution in [2.45, 2.75) is 12.8 Å². The quantitative estimate of drug-likeness (QED) is 0.561. The van der Waals surface area contributed by atoms with Gasteiger partial charge in [-0.15, -0.1) is 0 Å². The monoisotopic (exact) mass is 193 g/mol. The van der Waals surface area contributed by atoms with E-state index in [-0.39, 0.29) is 5.56 Å². The van der Waals surface area contributed by atoms with Gasteiger partial charge in [0.2, 0.25) is 0 Å². The lowest BCUT2D eigenvalue weighted by atomic mass is 10.2. The molecule has 0 heterocycles. The predicted molar refractivity (Wildman–Crippen MR) is 39.3 cm³/mol. The van der Waals surface area contributed by atoms with Gasteiger partial charge in [0.05, 0.1) is 0 Å². The summed E-state index contributed by atoms with van der Waals surface area (Å²) in [7, 11) is 0. The molecule has 0 aliphatic rings. The van der Waals surface area contributed by atoms with Crippen molar-refractivity contribution in [2.75, 3.05) is 0 Å². The number of alkyl halides is 3. The fourth-order valence-corrected chi connectivity index (χ4v) is 0.837. The molecule has 0 spiro atoms. The molecule has 1 nitrogen and oxygen atoms in total. The normalized spacial score (nSPS) is 11.7. The summed E-state index contributed by atoms with van der Waals surface area (Å²) in [6.07, 6.45) is -4.47. The molecule has 1 rings (SSSR count). The van der Waals surface area contributed by atoms with Gasteiger partial charge >= 0.3 is 6.30 Å². The lowest BCUT2D eigenvalue weighted by Crippen LogP contribution is -2.31. The zero-order chi connectivity index (χ0) is 9.90. The van der Waals surface area contributed by atoms with Crippen molar-refractivity contribution in [3.63, 3.8) is 0 Å².